The predicted molar refractivity (Wildman–Crippen MR) is 81.5 cm³/mol. The first-order valence-electron chi connectivity index (χ1n) is 7.92. The first-order valence-corrected chi connectivity index (χ1v) is 7.92. The largest absolute Gasteiger partial charge is 0.481 e. The number of carboxylic acid groups (broad SMARTS) is 1. The van der Waals surface area contributed by atoms with Crippen molar-refractivity contribution in [2.24, 2.45) is 17.8 Å². The first kappa shape index (κ1) is 19.1. The lowest BCUT2D eigenvalue weighted by atomic mass is 9.96. The fourth-order valence-electron chi connectivity index (χ4n) is 2.88. The molecule has 0 unspecified atom stereocenters. The average Bonchev–Trinajstić information content (AvgIpc) is 3.10. The number of aliphatic carboxylic acids is 1. The van der Waals surface area contributed by atoms with Gasteiger partial charge in [-0.2, -0.15) is 13.2 Å². The summed E-state index contributed by atoms with van der Waals surface area (Å²) in [5, 5.41) is 11.5. The van der Waals surface area contributed by atoms with E-state index in [1.54, 1.807) is 12.4 Å². The molecule has 140 valence electrons. The van der Waals surface area contributed by atoms with Crippen molar-refractivity contribution in [2.75, 3.05) is 13.1 Å². The molecule has 2 N–H and O–H groups in total. The Morgan fingerprint density at radius 1 is 1.40 bits per heavy atom. The van der Waals surface area contributed by atoms with Crippen LogP contribution in [0.5, 0.6) is 0 Å². The molecule has 2 amide bonds. The van der Waals surface area contributed by atoms with Crippen LogP contribution < -0.4 is 5.32 Å². The SMILES string of the molecule is CC(C)Cn1ccnc1CNC(=O)N1C[C@@H](C(F)(F)F)[C@H](C(=O)O)C1. The summed E-state index contributed by atoms with van der Waals surface area (Å²) in [4.78, 5) is 28.2. The maximum Gasteiger partial charge on any atom is 0.394 e. The molecule has 1 aromatic rings. The number of nitrogens with zero attached hydrogens (tertiary/aromatic N) is 3. The number of carbonyl (C=O) groups is 2. The Bertz CT molecular complexity index is 630. The van der Waals surface area contributed by atoms with E-state index in [-0.39, 0.29) is 6.54 Å². The van der Waals surface area contributed by atoms with E-state index in [1.807, 2.05) is 18.4 Å². The van der Waals surface area contributed by atoms with Gasteiger partial charge in [-0.05, 0) is 5.92 Å². The standard InChI is InChI=1S/C15H21F3N4O3/c1-9(2)6-21-4-3-19-12(21)5-20-14(25)22-7-10(13(23)24)11(8-22)15(16,17)18/h3-4,9-11H,5-8H2,1-2H3,(H,20,25)(H,23,24)/t10-,11-/m1/s1. The maximum atomic E-state index is 13.0. The average molecular weight is 362 g/mol. The van der Waals surface area contributed by atoms with Crippen molar-refractivity contribution in [1.29, 1.82) is 0 Å². The number of alkyl halides is 3. The lowest BCUT2D eigenvalue weighted by Crippen LogP contribution is -2.39. The number of carbonyl (C=O) groups excluding carboxylic acids is 1. The third kappa shape index (κ3) is 4.64. The van der Waals surface area contributed by atoms with Gasteiger partial charge in [0.2, 0.25) is 0 Å². The van der Waals surface area contributed by atoms with Gasteiger partial charge in [0, 0.05) is 32.0 Å². The van der Waals surface area contributed by atoms with Crippen LogP contribution in [0.15, 0.2) is 12.4 Å². The van der Waals surface area contributed by atoms with Crippen molar-refractivity contribution < 1.29 is 27.9 Å². The quantitative estimate of drug-likeness (QED) is 0.838. The number of imidazole rings is 1. The molecule has 2 rings (SSSR count). The van der Waals surface area contributed by atoms with Crippen LogP contribution in [0.3, 0.4) is 0 Å². The Morgan fingerprint density at radius 2 is 2.08 bits per heavy atom. The molecule has 0 aromatic carbocycles. The molecule has 0 bridgehead atoms. The summed E-state index contributed by atoms with van der Waals surface area (Å²) in [5.41, 5.74) is 0. The number of halogens is 3. The predicted octanol–water partition coefficient (Wildman–Crippen LogP) is 1.94. The fraction of sp³-hybridized carbons (Fsp3) is 0.667. The monoisotopic (exact) mass is 362 g/mol. The molecule has 1 fully saturated rings. The number of urea groups is 1. The Kier molecular flexibility index (Phi) is 5.58. The summed E-state index contributed by atoms with van der Waals surface area (Å²) in [7, 11) is 0. The van der Waals surface area contributed by atoms with Crippen LogP contribution in [-0.2, 0) is 17.9 Å². The molecule has 1 saturated heterocycles. The van der Waals surface area contributed by atoms with E-state index in [9.17, 15) is 22.8 Å². The van der Waals surface area contributed by atoms with Gasteiger partial charge in [-0.15, -0.1) is 0 Å². The van der Waals surface area contributed by atoms with E-state index >= 15 is 0 Å². The minimum atomic E-state index is -4.66. The molecule has 0 spiro atoms. The third-order valence-corrected chi connectivity index (χ3v) is 4.11. The van der Waals surface area contributed by atoms with E-state index in [1.165, 1.54) is 0 Å². The van der Waals surface area contributed by atoms with Crippen molar-refractivity contribution in [3.63, 3.8) is 0 Å². The van der Waals surface area contributed by atoms with Gasteiger partial charge >= 0.3 is 18.2 Å². The van der Waals surface area contributed by atoms with Crippen LogP contribution in [0, 0.1) is 17.8 Å². The Morgan fingerprint density at radius 3 is 2.60 bits per heavy atom. The fourth-order valence-corrected chi connectivity index (χ4v) is 2.88. The number of aromatic nitrogens is 2. The van der Waals surface area contributed by atoms with Crippen LogP contribution in [0.4, 0.5) is 18.0 Å². The Labute approximate surface area is 142 Å². The van der Waals surface area contributed by atoms with Crippen molar-refractivity contribution in [3.05, 3.63) is 18.2 Å². The van der Waals surface area contributed by atoms with Gasteiger partial charge in [0.15, 0.2) is 0 Å². The number of carboxylic acids is 1. The molecular weight excluding hydrogens is 341 g/mol. The summed E-state index contributed by atoms with van der Waals surface area (Å²) in [6, 6.07) is -0.725. The van der Waals surface area contributed by atoms with E-state index in [0.717, 1.165) is 4.90 Å². The molecule has 0 radical (unpaired) electrons. The normalized spacial score (nSPS) is 21.0. The molecule has 0 aliphatic carbocycles. The minimum absolute atomic E-state index is 0.0590. The molecule has 10 heteroatoms. The molecule has 25 heavy (non-hydrogen) atoms. The molecule has 2 heterocycles. The van der Waals surface area contributed by atoms with Crippen molar-refractivity contribution >= 4 is 12.0 Å². The number of likely N-dealkylation sites (tertiary alicyclic amines) is 1. The number of hydrogen-bond acceptors (Lipinski definition) is 3. The number of nitrogens with one attached hydrogen (secondary N) is 1. The van der Waals surface area contributed by atoms with E-state index in [2.05, 4.69) is 10.3 Å². The highest BCUT2D eigenvalue weighted by molar-refractivity contribution is 5.77. The highest BCUT2D eigenvalue weighted by Gasteiger charge is 2.53. The van der Waals surface area contributed by atoms with E-state index in [4.69, 9.17) is 5.11 Å². The zero-order chi connectivity index (χ0) is 18.8. The van der Waals surface area contributed by atoms with Gasteiger partial charge in [-0.1, -0.05) is 13.8 Å². The lowest BCUT2D eigenvalue weighted by Gasteiger charge is -2.19. The van der Waals surface area contributed by atoms with Crippen LogP contribution in [0.1, 0.15) is 19.7 Å². The zero-order valence-electron chi connectivity index (χ0n) is 14.0. The molecule has 1 aliphatic heterocycles. The first-order chi connectivity index (χ1) is 11.6. The number of hydrogen-bond donors (Lipinski definition) is 2. The molecule has 7 nitrogen and oxygen atoms in total. The highest BCUT2D eigenvalue weighted by atomic mass is 19.4. The van der Waals surface area contributed by atoms with Gasteiger partial charge in [0.1, 0.15) is 5.82 Å². The van der Waals surface area contributed by atoms with Crippen molar-refractivity contribution in [3.8, 4) is 0 Å². The summed E-state index contributed by atoms with van der Waals surface area (Å²) in [5.74, 6) is -4.30. The van der Waals surface area contributed by atoms with Crippen LogP contribution in [-0.4, -0.2) is 50.8 Å². The lowest BCUT2D eigenvalue weighted by molar-refractivity contribution is -0.187. The molecule has 1 aromatic heterocycles. The van der Waals surface area contributed by atoms with Gasteiger partial charge in [-0.3, -0.25) is 4.79 Å². The van der Waals surface area contributed by atoms with Gasteiger partial charge in [-0.25, -0.2) is 9.78 Å². The maximum absolute atomic E-state index is 13.0. The van der Waals surface area contributed by atoms with Crippen LogP contribution >= 0.6 is 0 Å². The van der Waals surface area contributed by atoms with Gasteiger partial charge in [0.25, 0.3) is 0 Å². The molecule has 0 saturated carbocycles. The van der Waals surface area contributed by atoms with Crippen LogP contribution in [0.25, 0.3) is 0 Å². The van der Waals surface area contributed by atoms with Gasteiger partial charge in [0.05, 0.1) is 18.4 Å². The van der Waals surface area contributed by atoms with E-state index in [0.29, 0.717) is 18.3 Å². The number of amides is 2. The zero-order valence-corrected chi connectivity index (χ0v) is 14.0. The molecule has 1 aliphatic rings. The Hall–Kier alpha value is -2.26. The second kappa shape index (κ2) is 7.32. The summed E-state index contributed by atoms with van der Waals surface area (Å²) in [6.45, 7) is 3.68. The summed E-state index contributed by atoms with van der Waals surface area (Å²) in [6.07, 6.45) is -1.32. The van der Waals surface area contributed by atoms with E-state index < -0.39 is 43.1 Å². The summed E-state index contributed by atoms with van der Waals surface area (Å²) < 4.78 is 40.7. The third-order valence-electron chi connectivity index (χ3n) is 4.11. The smallest absolute Gasteiger partial charge is 0.394 e. The minimum Gasteiger partial charge on any atom is -0.481 e. The van der Waals surface area contributed by atoms with Gasteiger partial charge < -0.3 is 19.9 Å². The highest BCUT2D eigenvalue weighted by Crippen LogP contribution is 2.37. The second-order valence-corrected chi connectivity index (χ2v) is 6.55. The van der Waals surface area contributed by atoms with Crippen molar-refractivity contribution in [2.45, 2.75) is 33.1 Å². The number of rotatable bonds is 5. The van der Waals surface area contributed by atoms with Crippen LogP contribution in [0.2, 0.25) is 0 Å². The Balaban J connectivity index is 1.98. The summed E-state index contributed by atoms with van der Waals surface area (Å²) >= 11 is 0. The van der Waals surface area contributed by atoms with Crippen molar-refractivity contribution in [1.82, 2.24) is 19.8 Å². The second-order valence-electron chi connectivity index (χ2n) is 6.55. The molecular formula is C15H21F3N4O3. The molecule has 2 atom stereocenters. The topological polar surface area (TPSA) is 87.5 Å².